The molecule has 0 unspecified atom stereocenters. The first kappa shape index (κ1) is 15.7. The van der Waals surface area contributed by atoms with E-state index in [9.17, 15) is 14.4 Å². The van der Waals surface area contributed by atoms with Crippen molar-refractivity contribution in [3.05, 3.63) is 24.2 Å². The molecule has 0 atom stereocenters. The number of carbonyl (C=O) groups is 3. The van der Waals surface area contributed by atoms with Gasteiger partial charge in [-0.2, -0.15) is 0 Å². The number of amides is 2. The standard InChI is InChI=1S/C13H18N2O5/c1-3-15(8-12(17)19-2)11(16)4-6-14-13(18)10-5-7-20-9-10/h5,7,9H,3-4,6,8H2,1-2H3,(H,14,18). The van der Waals surface area contributed by atoms with E-state index >= 15 is 0 Å². The third-order valence-corrected chi connectivity index (χ3v) is 2.69. The third-order valence-electron chi connectivity index (χ3n) is 2.69. The number of likely N-dealkylation sites (N-methyl/N-ethyl adjacent to an activating group) is 1. The fraction of sp³-hybridized carbons (Fsp3) is 0.462. The molecule has 1 aromatic rings. The molecule has 0 saturated carbocycles. The monoisotopic (exact) mass is 282 g/mol. The lowest BCUT2D eigenvalue weighted by atomic mass is 10.3. The minimum atomic E-state index is -0.470. The lowest BCUT2D eigenvalue weighted by Crippen LogP contribution is -2.38. The molecule has 0 aliphatic rings. The molecular weight excluding hydrogens is 264 g/mol. The van der Waals surface area contributed by atoms with Gasteiger partial charge in [-0.3, -0.25) is 14.4 Å². The lowest BCUT2D eigenvalue weighted by Gasteiger charge is -2.19. The van der Waals surface area contributed by atoms with E-state index in [1.54, 1.807) is 6.92 Å². The average Bonchev–Trinajstić information content (AvgIpc) is 2.98. The Morgan fingerprint density at radius 1 is 1.40 bits per heavy atom. The highest BCUT2D eigenvalue weighted by Gasteiger charge is 2.16. The molecule has 0 bridgehead atoms. The van der Waals surface area contributed by atoms with Crippen LogP contribution in [0, 0.1) is 0 Å². The van der Waals surface area contributed by atoms with Crippen LogP contribution >= 0.6 is 0 Å². The molecule has 0 fully saturated rings. The maximum Gasteiger partial charge on any atom is 0.325 e. The van der Waals surface area contributed by atoms with Crippen LogP contribution in [0.25, 0.3) is 0 Å². The Kier molecular flexibility index (Phi) is 6.28. The Hall–Kier alpha value is -2.31. The van der Waals surface area contributed by atoms with E-state index in [0.717, 1.165) is 0 Å². The molecule has 0 spiro atoms. The van der Waals surface area contributed by atoms with Crippen LogP contribution in [0.1, 0.15) is 23.7 Å². The Labute approximate surface area is 116 Å². The topological polar surface area (TPSA) is 88.9 Å². The number of rotatable bonds is 7. The minimum absolute atomic E-state index is 0.0818. The van der Waals surface area contributed by atoms with Gasteiger partial charge in [0.15, 0.2) is 0 Å². The zero-order valence-corrected chi connectivity index (χ0v) is 11.5. The Balaban J connectivity index is 2.34. The van der Waals surface area contributed by atoms with E-state index in [1.165, 1.54) is 30.6 Å². The van der Waals surface area contributed by atoms with Gasteiger partial charge in [-0.15, -0.1) is 0 Å². The summed E-state index contributed by atoms with van der Waals surface area (Å²) in [6.45, 7) is 2.29. The van der Waals surface area contributed by atoms with Gasteiger partial charge in [0.1, 0.15) is 12.8 Å². The summed E-state index contributed by atoms with van der Waals surface area (Å²) < 4.78 is 9.30. The molecule has 0 aliphatic carbocycles. The van der Waals surface area contributed by atoms with Crippen molar-refractivity contribution in [2.75, 3.05) is 26.7 Å². The van der Waals surface area contributed by atoms with E-state index in [0.29, 0.717) is 12.1 Å². The summed E-state index contributed by atoms with van der Waals surface area (Å²) >= 11 is 0. The van der Waals surface area contributed by atoms with Gasteiger partial charge in [0.2, 0.25) is 5.91 Å². The van der Waals surface area contributed by atoms with E-state index in [2.05, 4.69) is 10.1 Å². The van der Waals surface area contributed by atoms with Crippen molar-refractivity contribution >= 4 is 17.8 Å². The van der Waals surface area contributed by atoms with Crippen molar-refractivity contribution in [2.24, 2.45) is 0 Å². The molecule has 1 aromatic heterocycles. The number of hydrogen-bond acceptors (Lipinski definition) is 5. The number of furan rings is 1. The Bertz CT molecular complexity index is 455. The maximum absolute atomic E-state index is 11.8. The molecule has 7 nitrogen and oxygen atoms in total. The second kappa shape index (κ2) is 7.98. The minimum Gasteiger partial charge on any atom is -0.472 e. The number of ether oxygens (including phenoxy) is 1. The van der Waals surface area contributed by atoms with Gasteiger partial charge < -0.3 is 19.4 Å². The summed E-state index contributed by atoms with van der Waals surface area (Å²) in [5, 5.41) is 2.60. The molecule has 1 heterocycles. The van der Waals surface area contributed by atoms with Gasteiger partial charge in [0.05, 0.1) is 18.9 Å². The first-order chi connectivity index (χ1) is 9.58. The molecule has 0 radical (unpaired) electrons. The number of hydrogen-bond donors (Lipinski definition) is 1. The summed E-state index contributed by atoms with van der Waals surface area (Å²) in [5.41, 5.74) is 0.402. The molecule has 0 aromatic carbocycles. The summed E-state index contributed by atoms with van der Waals surface area (Å²) in [7, 11) is 1.27. The molecule has 0 saturated heterocycles. The average molecular weight is 282 g/mol. The molecule has 2 amide bonds. The second-order valence-electron chi connectivity index (χ2n) is 4.00. The van der Waals surface area contributed by atoms with Gasteiger partial charge in [0.25, 0.3) is 5.91 Å². The Morgan fingerprint density at radius 3 is 2.70 bits per heavy atom. The molecule has 7 heteroatoms. The fourth-order valence-electron chi connectivity index (χ4n) is 1.53. The highest BCUT2D eigenvalue weighted by atomic mass is 16.5. The summed E-state index contributed by atoms with van der Waals surface area (Å²) in [6.07, 6.45) is 2.84. The van der Waals surface area contributed by atoms with Crippen LogP contribution in [-0.2, 0) is 14.3 Å². The van der Waals surface area contributed by atoms with Gasteiger partial charge in [0, 0.05) is 19.5 Å². The quantitative estimate of drug-likeness (QED) is 0.732. The smallest absolute Gasteiger partial charge is 0.325 e. The number of nitrogens with one attached hydrogen (secondary N) is 1. The molecule has 20 heavy (non-hydrogen) atoms. The lowest BCUT2D eigenvalue weighted by molar-refractivity contribution is -0.146. The predicted molar refractivity (Wildman–Crippen MR) is 69.9 cm³/mol. The largest absolute Gasteiger partial charge is 0.472 e. The van der Waals surface area contributed by atoms with E-state index in [-0.39, 0.29) is 31.3 Å². The van der Waals surface area contributed by atoms with Crippen LogP contribution in [0.15, 0.2) is 23.0 Å². The molecule has 1 N–H and O–H groups in total. The van der Waals surface area contributed by atoms with Crippen LogP contribution in [0.5, 0.6) is 0 Å². The normalized spacial score (nSPS) is 9.90. The third kappa shape index (κ3) is 4.75. The highest BCUT2D eigenvalue weighted by molar-refractivity contribution is 5.94. The van der Waals surface area contributed by atoms with Crippen molar-refractivity contribution < 1.29 is 23.5 Å². The van der Waals surface area contributed by atoms with Crippen molar-refractivity contribution in [3.63, 3.8) is 0 Å². The van der Waals surface area contributed by atoms with Crippen LogP contribution in [0.4, 0.5) is 0 Å². The zero-order valence-electron chi connectivity index (χ0n) is 11.5. The van der Waals surface area contributed by atoms with E-state index in [4.69, 9.17) is 4.42 Å². The van der Waals surface area contributed by atoms with Gasteiger partial charge in [-0.25, -0.2) is 0 Å². The number of carbonyl (C=O) groups excluding carboxylic acids is 3. The number of esters is 1. The van der Waals surface area contributed by atoms with Crippen molar-refractivity contribution in [1.82, 2.24) is 10.2 Å². The first-order valence-electron chi connectivity index (χ1n) is 6.23. The summed E-state index contributed by atoms with van der Waals surface area (Å²) in [5.74, 6) is -0.990. The Morgan fingerprint density at radius 2 is 2.15 bits per heavy atom. The predicted octanol–water partition coefficient (Wildman–Crippen LogP) is 0.421. The summed E-state index contributed by atoms with van der Waals surface area (Å²) in [6, 6.07) is 1.53. The number of methoxy groups -OCH3 is 1. The molecule has 110 valence electrons. The van der Waals surface area contributed by atoms with Gasteiger partial charge in [-0.1, -0.05) is 0 Å². The van der Waals surface area contributed by atoms with Gasteiger partial charge >= 0.3 is 5.97 Å². The summed E-state index contributed by atoms with van der Waals surface area (Å²) in [4.78, 5) is 35.9. The molecule has 1 rings (SSSR count). The highest BCUT2D eigenvalue weighted by Crippen LogP contribution is 2.00. The van der Waals surface area contributed by atoms with Crippen LogP contribution in [0.3, 0.4) is 0 Å². The zero-order chi connectivity index (χ0) is 15.0. The molecular formula is C13H18N2O5. The molecule has 0 aliphatic heterocycles. The SMILES string of the molecule is CCN(CC(=O)OC)C(=O)CCNC(=O)c1ccoc1. The fourth-order valence-corrected chi connectivity index (χ4v) is 1.53. The second-order valence-corrected chi connectivity index (χ2v) is 4.00. The van der Waals surface area contributed by atoms with Crippen molar-refractivity contribution in [2.45, 2.75) is 13.3 Å². The van der Waals surface area contributed by atoms with E-state index in [1.807, 2.05) is 0 Å². The van der Waals surface area contributed by atoms with Crippen LogP contribution in [0.2, 0.25) is 0 Å². The van der Waals surface area contributed by atoms with Crippen molar-refractivity contribution in [1.29, 1.82) is 0 Å². The maximum atomic E-state index is 11.8. The van der Waals surface area contributed by atoms with Crippen LogP contribution < -0.4 is 5.32 Å². The first-order valence-corrected chi connectivity index (χ1v) is 6.23. The number of nitrogens with zero attached hydrogens (tertiary/aromatic N) is 1. The van der Waals surface area contributed by atoms with Crippen LogP contribution in [-0.4, -0.2) is 49.4 Å². The van der Waals surface area contributed by atoms with Gasteiger partial charge in [-0.05, 0) is 13.0 Å². The van der Waals surface area contributed by atoms with E-state index < -0.39 is 5.97 Å². The van der Waals surface area contributed by atoms with Crippen molar-refractivity contribution in [3.8, 4) is 0 Å².